The van der Waals surface area contributed by atoms with Crippen molar-refractivity contribution >= 4 is 39.2 Å². The Morgan fingerprint density at radius 3 is 2.31 bits per heavy atom. The van der Waals surface area contributed by atoms with E-state index in [-0.39, 0.29) is 18.8 Å². The first-order valence-corrected chi connectivity index (χ1v) is 12.2. The summed E-state index contributed by atoms with van der Waals surface area (Å²) in [4.78, 5) is 36.0. The number of carboxylic acids is 1. The van der Waals surface area contributed by atoms with Gasteiger partial charge >= 0.3 is 5.97 Å². The fourth-order valence-electron chi connectivity index (χ4n) is 4.05. The molecule has 1 aliphatic rings. The molecule has 0 aliphatic heterocycles. The van der Waals surface area contributed by atoms with Crippen LogP contribution >= 0.6 is 11.3 Å². The van der Waals surface area contributed by atoms with Crippen LogP contribution in [0.2, 0.25) is 0 Å². The molecule has 3 aromatic rings. The standard InChI is InChI=1S/C25H23F3N2O5S/c26-15-4-1-14-9-22(36-21(14)10-15)24(32)30-8-7-29-23(31)17-11-19(28)20(12-18(17)27)35-16-5-2-13(3-6-16)25(33)34/h1,4,9-13,16H,2-3,5-8H2,(H,29,31)(H,30,32)(H,33,34)/t13-,16+. The maximum Gasteiger partial charge on any atom is 0.306 e. The van der Waals surface area contributed by atoms with Gasteiger partial charge in [-0.1, -0.05) is 6.07 Å². The van der Waals surface area contributed by atoms with Gasteiger partial charge in [-0.15, -0.1) is 11.3 Å². The Labute approximate surface area is 208 Å². The van der Waals surface area contributed by atoms with Gasteiger partial charge in [-0.25, -0.2) is 13.2 Å². The molecule has 1 aliphatic carbocycles. The summed E-state index contributed by atoms with van der Waals surface area (Å²) in [5, 5.41) is 14.8. The first-order chi connectivity index (χ1) is 17.2. The van der Waals surface area contributed by atoms with Gasteiger partial charge in [-0.2, -0.15) is 0 Å². The van der Waals surface area contributed by atoms with Crippen molar-refractivity contribution in [2.75, 3.05) is 13.1 Å². The fourth-order valence-corrected chi connectivity index (χ4v) is 5.06. The molecule has 1 fully saturated rings. The molecule has 0 saturated heterocycles. The lowest BCUT2D eigenvalue weighted by Gasteiger charge is -2.27. The molecule has 1 heterocycles. The topological polar surface area (TPSA) is 105 Å². The van der Waals surface area contributed by atoms with Crippen LogP contribution in [0.15, 0.2) is 36.4 Å². The molecule has 0 unspecified atom stereocenters. The van der Waals surface area contributed by atoms with Crippen LogP contribution in [-0.2, 0) is 4.79 Å². The summed E-state index contributed by atoms with van der Waals surface area (Å²) in [6.07, 6.45) is 1.16. The molecular formula is C25H23F3N2O5S. The lowest BCUT2D eigenvalue weighted by Crippen LogP contribution is -2.34. The highest BCUT2D eigenvalue weighted by atomic mass is 32.1. The van der Waals surface area contributed by atoms with E-state index in [9.17, 15) is 27.6 Å². The van der Waals surface area contributed by atoms with E-state index < -0.39 is 52.8 Å². The van der Waals surface area contributed by atoms with E-state index in [0.29, 0.717) is 35.3 Å². The highest BCUT2D eigenvalue weighted by molar-refractivity contribution is 7.20. The van der Waals surface area contributed by atoms with Gasteiger partial charge < -0.3 is 20.5 Å². The Hall–Kier alpha value is -3.60. The molecular weight excluding hydrogens is 497 g/mol. The highest BCUT2D eigenvalue weighted by Gasteiger charge is 2.28. The van der Waals surface area contributed by atoms with Gasteiger partial charge in [0.1, 0.15) is 11.6 Å². The van der Waals surface area contributed by atoms with Crippen molar-refractivity contribution in [2.24, 2.45) is 5.92 Å². The minimum Gasteiger partial charge on any atom is -0.487 e. The van der Waals surface area contributed by atoms with Crippen molar-refractivity contribution in [3.63, 3.8) is 0 Å². The fraction of sp³-hybridized carbons (Fsp3) is 0.320. The van der Waals surface area contributed by atoms with Crippen LogP contribution < -0.4 is 15.4 Å². The van der Waals surface area contributed by atoms with Crippen LogP contribution in [0.25, 0.3) is 10.1 Å². The van der Waals surface area contributed by atoms with Crippen LogP contribution in [0.5, 0.6) is 5.75 Å². The average Bonchev–Trinajstić information content (AvgIpc) is 3.27. The molecule has 0 bridgehead atoms. The number of rotatable bonds is 8. The molecule has 2 aromatic carbocycles. The number of amides is 2. The molecule has 0 spiro atoms. The average molecular weight is 521 g/mol. The Balaban J connectivity index is 1.27. The summed E-state index contributed by atoms with van der Waals surface area (Å²) < 4.78 is 48.5. The maximum absolute atomic E-state index is 14.5. The Morgan fingerprint density at radius 2 is 1.61 bits per heavy atom. The first-order valence-electron chi connectivity index (χ1n) is 11.3. The molecule has 0 radical (unpaired) electrons. The van der Waals surface area contributed by atoms with E-state index in [1.165, 1.54) is 12.1 Å². The number of aliphatic carboxylic acids is 1. The van der Waals surface area contributed by atoms with E-state index in [1.807, 2.05) is 0 Å². The molecule has 36 heavy (non-hydrogen) atoms. The second kappa shape index (κ2) is 11.0. The van der Waals surface area contributed by atoms with Crippen molar-refractivity contribution in [1.29, 1.82) is 0 Å². The second-order valence-electron chi connectivity index (χ2n) is 8.50. The first kappa shape index (κ1) is 25.5. The van der Waals surface area contributed by atoms with Crippen LogP contribution in [0.4, 0.5) is 13.2 Å². The quantitative estimate of drug-likeness (QED) is 0.380. The smallest absolute Gasteiger partial charge is 0.306 e. The van der Waals surface area contributed by atoms with E-state index in [2.05, 4.69) is 10.6 Å². The number of carbonyl (C=O) groups excluding carboxylic acids is 2. The SMILES string of the molecule is O=C(NCCNC(=O)c1cc(F)c(O[C@H]2CC[C@@H](C(=O)O)CC2)cc1F)c1cc2ccc(F)cc2s1. The zero-order valence-corrected chi connectivity index (χ0v) is 19.8. The number of benzene rings is 2. The van der Waals surface area contributed by atoms with Crippen LogP contribution in [0.3, 0.4) is 0 Å². The zero-order valence-electron chi connectivity index (χ0n) is 19.0. The Morgan fingerprint density at radius 1 is 0.917 bits per heavy atom. The van der Waals surface area contributed by atoms with Crippen molar-refractivity contribution in [3.8, 4) is 5.75 Å². The molecule has 190 valence electrons. The normalized spacial score (nSPS) is 17.5. The second-order valence-corrected chi connectivity index (χ2v) is 9.58. The van der Waals surface area contributed by atoms with Gasteiger partial charge in [0.05, 0.1) is 22.5 Å². The third-order valence-corrected chi connectivity index (χ3v) is 7.08. The monoisotopic (exact) mass is 520 g/mol. The van der Waals surface area contributed by atoms with Crippen LogP contribution in [0, 0.1) is 23.4 Å². The van der Waals surface area contributed by atoms with Gasteiger partial charge in [0.25, 0.3) is 11.8 Å². The number of carboxylic acid groups (broad SMARTS) is 1. The number of halogens is 3. The molecule has 1 saturated carbocycles. The maximum atomic E-state index is 14.5. The summed E-state index contributed by atoms with van der Waals surface area (Å²) in [6.45, 7) is 0.00766. The van der Waals surface area contributed by atoms with Crippen molar-refractivity contribution in [2.45, 2.75) is 31.8 Å². The number of hydrogen-bond acceptors (Lipinski definition) is 5. The lowest BCUT2D eigenvalue weighted by molar-refractivity contribution is -0.143. The zero-order chi connectivity index (χ0) is 25.8. The van der Waals surface area contributed by atoms with E-state index in [1.54, 1.807) is 12.1 Å². The highest BCUT2D eigenvalue weighted by Crippen LogP contribution is 2.30. The summed E-state index contributed by atoms with van der Waals surface area (Å²) in [5.74, 6) is -5.20. The van der Waals surface area contributed by atoms with Crippen molar-refractivity contribution in [3.05, 3.63) is 64.3 Å². The summed E-state index contributed by atoms with van der Waals surface area (Å²) >= 11 is 1.13. The van der Waals surface area contributed by atoms with Gasteiger partial charge in [0, 0.05) is 23.9 Å². The Kier molecular flexibility index (Phi) is 7.78. The number of ether oxygens (including phenoxy) is 1. The lowest BCUT2D eigenvalue weighted by atomic mass is 9.87. The third-order valence-electron chi connectivity index (χ3n) is 5.99. The minimum absolute atomic E-state index is 0.0315. The van der Waals surface area contributed by atoms with E-state index in [0.717, 1.165) is 28.9 Å². The van der Waals surface area contributed by atoms with Crippen LogP contribution in [-0.4, -0.2) is 42.1 Å². The van der Waals surface area contributed by atoms with Crippen molar-refractivity contribution in [1.82, 2.24) is 10.6 Å². The largest absolute Gasteiger partial charge is 0.487 e. The van der Waals surface area contributed by atoms with Gasteiger partial charge in [0.15, 0.2) is 11.6 Å². The molecule has 1 aromatic heterocycles. The molecule has 11 heteroatoms. The van der Waals surface area contributed by atoms with Gasteiger partial charge in [0.2, 0.25) is 0 Å². The molecule has 7 nitrogen and oxygen atoms in total. The van der Waals surface area contributed by atoms with E-state index >= 15 is 0 Å². The number of fused-ring (bicyclic) bond motifs is 1. The summed E-state index contributed by atoms with van der Waals surface area (Å²) in [5.41, 5.74) is -0.507. The number of carbonyl (C=O) groups is 3. The summed E-state index contributed by atoms with van der Waals surface area (Å²) in [6, 6.07) is 7.40. The number of thiophene rings is 1. The molecule has 2 amide bonds. The summed E-state index contributed by atoms with van der Waals surface area (Å²) in [7, 11) is 0. The predicted molar refractivity (Wildman–Crippen MR) is 127 cm³/mol. The number of nitrogens with one attached hydrogen (secondary N) is 2. The van der Waals surface area contributed by atoms with Gasteiger partial charge in [-0.05, 0) is 55.3 Å². The third kappa shape index (κ3) is 5.96. The van der Waals surface area contributed by atoms with Crippen LogP contribution in [0.1, 0.15) is 45.7 Å². The predicted octanol–water partition coefficient (Wildman–Crippen LogP) is 4.50. The molecule has 4 rings (SSSR count). The van der Waals surface area contributed by atoms with E-state index in [4.69, 9.17) is 9.84 Å². The van der Waals surface area contributed by atoms with Crippen molar-refractivity contribution < 1.29 is 37.4 Å². The Bertz CT molecular complexity index is 1300. The number of hydrogen-bond donors (Lipinski definition) is 3. The minimum atomic E-state index is -0.968. The molecule has 0 atom stereocenters. The van der Waals surface area contributed by atoms with Gasteiger partial charge in [-0.3, -0.25) is 14.4 Å². The molecule has 3 N–H and O–H groups in total.